The minimum Gasteiger partial charge on any atom is -0.487 e. The molecule has 212 valence electrons. The molecule has 1 amide bonds. The molecule has 3 aromatic rings. The Morgan fingerprint density at radius 1 is 1.18 bits per heavy atom. The van der Waals surface area contributed by atoms with Crippen molar-refractivity contribution >= 4 is 41.2 Å². The molecule has 0 bridgehead atoms. The van der Waals surface area contributed by atoms with Crippen LogP contribution in [0, 0.1) is 5.92 Å². The molecule has 1 aromatic heterocycles. The van der Waals surface area contributed by atoms with Crippen molar-refractivity contribution in [3.63, 3.8) is 0 Å². The molecule has 11 heteroatoms. The Morgan fingerprint density at radius 3 is 2.62 bits per heavy atom. The van der Waals surface area contributed by atoms with E-state index in [-0.39, 0.29) is 17.8 Å². The van der Waals surface area contributed by atoms with Crippen molar-refractivity contribution in [2.45, 2.75) is 45.8 Å². The number of carbonyl (C=O) groups is 1. The van der Waals surface area contributed by atoms with Crippen LogP contribution in [0.3, 0.4) is 0 Å². The van der Waals surface area contributed by atoms with Gasteiger partial charge in [-0.3, -0.25) is 0 Å². The molecule has 3 N–H and O–H groups in total. The first-order valence-corrected chi connectivity index (χ1v) is 13.5. The average molecular weight is 567 g/mol. The Hall–Kier alpha value is -4.05. The molecule has 2 heterocycles. The van der Waals surface area contributed by atoms with Gasteiger partial charge in [0.25, 0.3) is 0 Å². The van der Waals surface area contributed by atoms with E-state index in [1.165, 1.54) is 12.5 Å². The summed E-state index contributed by atoms with van der Waals surface area (Å²) in [7, 11) is 0. The van der Waals surface area contributed by atoms with Crippen molar-refractivity contribution in [1.82, 2.24) is 14.9 Å². The second-order valence-electron chi connectivity index (χ2n) is 10.5. The Balaban J connectivity index is 1.30. The van der Waals surface area contributed by atoms with Crippen LogP contribution in [0.15, 0.2) is 60.0 Å². The number of anilines is 3. The number of rotatable bonds is 9. The van der Waals surface area contributed by atoms with Gasteiger partial charge in [-0.15, -0.1) is 0 Å². The first-order valence-electron chi connectivity index (χ1n) is 13.1. The van der Waals surface area contributed by atoms with Crippen LogP contribution in [0.2, 0.25) is 5.02 Å². The fourth-order valence-corrected chi connectivity index (χ4v) is 4.29. The van der Waals surface area contributed by atoms with Crippen LogP contribution < -0.4 is 15.8 Å². The number of amides is 1. The largest absolute Gasteiger partial charge is 0.487 e. The summed E-state index contributed by atoms with van der Waals surface area (Å²) in [5.41, 5.74) is 7.83. The summed E-state index contributed by atoms with van der Waals surface area (Å²) in [6.07, 6.45) is 4.20. The van der Waals surface area contributed by atoms with Gasteiger partial charge in [0, 0.05) is 18.8 Å². The van der Waals surface area contributed by atoms with Gasteiger partial charge < -0.3 is 30.3 Å². The SMILES string of the molecule is CC(C)(C)OC(=O)N1CCC(CO/N=C/c2c(N)ncnc2Nc2ccc(OCc3ccccc3)c(Cl)c2)CC1. The van der Waals surface area contributed by atoms with Gasteiger partial charge in [-0.2, -0.15) is 0 Å². The minimum absolute atomic E-state index is 0.254. The normalized spacial score (nSPS) is 14.2. The molecule has 40 heavy (non-hydrogen) atoms. The number of halogens is 1. The van der Waals surface area contributed by atoms with Crippen molar-refractivity contribution in [1.29, 1.82) is 0 Å². The first kappa shape index (κ1) is 28.9. The molecule has 1 aliphatic rings. The van der Waals surface area contributed by atoms with E-state index < -0.39 is 5.60 Å². The highest BCUT2D eigenvalue weighted by Gasteiger charge is 2.27. The minimum atomic E-state index is -0.505. The fraction of sp³-hybridized carbons (Fsp3) is 0.379. The maximum Gasteiger partial charge on any atom is 0.410 e. The summed E-state index contributed by atoms with van der Waals surface area (Å²) in [5.74, 6) is 1.57. The van der Waals surface area contributed by atoms with Gasteiger partial charge in [0.2, 0.25) is 0 Å². The number of piperidine rings is 1. The van der Waals surface area contributed by atoms with E-state index >= 15 is 0 Å². The Morgan fingerprint density at radius 2 is 1.93 bits per heavy atom. The molecular formula is C29H35ClN6O4. The molecule has 0 aliphatic carbocycles. The van der Waals surface area contributed by atoms with Crippen LogP contribution >= 0.6 is 11.6 Å². The van der Waals surface area contributed by atoms with Crippen LogP contribution in [-0.2, 0) is 16.2 Å². The standard InChI is InChI=1S/C29H35ClN6O4/c1-29(2,3)40-28(37)36-13-11-21(12-14-36)18-39-34-16-23-26(31)32-19-33-27(23)35-22-9-10-25(24(30)15-22)38-17-20-7-5-4-6-8-20/h4-10,15-16,19,21H,11-14,17-18H2,1-3H3,(H3,31,32,33,35)/b34-16+. The van der Waals surface area contributed by atoms with E-state index in [1.807, 2.05) is 57.2 Å². The number of aromatic nitrogens is 2. The van der Waals surface area contributed by atoms with E-state index in [2.05, 4.69) is 20.4 Å². The monoisotopic (exact) mass is 566 g/mol. The smallest absolute Gasteiger partial charge is 0.410 e. The third kappa shape index (κ3) is 8.47. The van der Waals surface area contributed by atoms with E-state index in [0.717, 1.165) is 18.4 Å². The third-order valence-electron chi connectivity index (χ3n) is 6.18. The van der Waals surface area contributed by atoms with Crippen LogP contribution in [-0.4, -0.2) is 52.5 Å². The second-order valence-corrected chi connectivity index (χ2v) is 10.9. The molecule has 10 nitrogen and oxygen atoms in total. The number of benzene rings is 2. The Kier molecular flexibility index (Phi) is 9.65. The summed E-state index contributed by atoms with van der Waals surface area (Å²) in [5, 5.41) is 7.78. The van der Waals surface area contributed by atoms with E-state index in [4.69, 9.17) is 31.6 Å². The predicted octanol–water partition coefficient (Wildman–Crippen LogP) is 6.03. The molecule has 0 unspecified atom stereocenters. The number of nitrogens with zero attached hydrogens (tertiary/aromatic N) is 4. The van der Waals surface area contributed by atoms with Gasteiger partial charge in [0.05, 0.1) is 16.8 Å². The van der Waals surface area contributed by atoms with E-state index in [9.17, 15) is 4.79 Å². The number of hydrogen-bond acceptors (Lipinski definition) is 9. The number of ether oxygens (including phenoxy) is 2. The Bertz CT molecular complexity index is 1310. The fourth-order valence-electron chi connectivity index (χ4n) is 4.05. The van der Waals surface area contributed by atoms with Crippen molar-refractivity contribution < 1.29 is 19.1 Å². The van der Waals surface area contributed by atoms with Gasteiger partial charge in [0.1, 0.15) is 42.5 Å². The highest BCUT2D eigenvalue weighted by atomic mass is 35.5. The molecule has 1 fully saturated rings. The summed E-state index contributed by atoms with van der Waals surface area (Å²) in [4.78, 5) is 27.9. The molecule has 1 saturated heterocycles. The lowest BCUT2D eigenvalue weighted by Gasteiger charge is -2.32. The third-order valence-corrected chi connectivity index (χ3v) is 6.47. The summed E-state index contributed by atoms with van der Waals surface area (Å²) < 4.78 is 11.3. The first-order chi connectivity index (χ1) is 19.2. The molecule has 1 aliphatic heterocycles. The number of nitrogens with two attached hydrogens (primary N) is 1. The maximum atomic E-state index is 12.3. The number of nitrogen functional groups attached to an aromatic ring is 1. The van der Waals surface area contributed by atoms with E-state index in [1.54, 1.807) is 17.0 Å². The lowest BCUT2D eigenvalue weighted by molar-refractivity contribution is 0.0122. The van der Waals surface area contributed by atoms with Gasteiger partial charge in [0.15, 0.2) is 0 Å². The number of likely N-dealkylation sites (tertiary alicyclic amines) is 1. The Labute approximate surface area is 239 Å². The van der Waals surface area contributed by atoms with Gasteiger partial charge in [-0.25, -0.2) is 14.8 Å². The molecule has 0 saturated carbocycles. The van der Waals surface area contributed by atoms with Crippen molar-refractivity contribution in [2.75, 3.05) is 30.7 Å². The van der Waals surface area contributed by atoms with Crippen molar-refractivity contribution in [2.24, 2.45) is 11.1 Å². The quantitative estimate of drug-likeness (QED) is 0.237. The molecule has 2 aromatic carbocycles. The predicted molar refractivity (Wildman–Crippen MR) is 156 cm³/mol. The number of carbonyl (C=O) groups excluding carboxylic acids is 1. The highest BCUT2D eigenvalue weighted by Crippen LogP contribution is 2.30. The molecule has 0 radical (unpaired) electrons. The summed E-state index contributed by atoms with van der Waals surface area (Å²) >= 11 is 6.47. The summed E-state index contributed by atoms with van der Waals surface area (Å²) in [6.45, 7) is 7.68. The zero-order valence-corrected chi connectivity index (χ0v) is 23.7. The maximum absolute atomic E-state index is 12.3. The van der Waals surface area contributed by atoms with Crippen LogP contribution in [0.25, 0.3) is 0 Å². The number of hydrogen-bond donors (Lipinski definition) is 2. The molecule has 0 atom stereocenters. The topological polar surface area (TPSA) is 124 Å². The summed E-state index contributed by atoms with van der Waals surface area (Å²) in [6, 6.07) is 15.3. The van der Waals surface area contributed by atoms with E-state index in [0.29, 0.717) is 54.1 Å². The molecular weight excluding hydrogens is 532 g/mol. The number of nitrogens with one attached hydrogen (secondary N) is 1. The molecule has 0 spiro atoms. The lowest BCUT2D eigenvalue weighted by Crippen LogP contribution is -2.42. The van der Waals surface area contributed by atoms with Crippen LogP contribution in [0.1, 0.15) is 44.7 Å². The number of oxime groups is 1. The second kappa shape index (κ2) is 13.3. The van der Waals surface area contributed by atoms with Gasteiger partial charge >= 0.3 is 6.09 Å². The van der Waals surface area contributed by atoms with Crippen LogP contribution in [0.4, 0.5) is 22.1 Å². The van der Waals surface area contributed by atoms with Crippen LogP contribution in [0.5, 0.6) is 5.75 Å². The zero-order chi connectivity index (χ0) is 28.5. The van der Waals surface area contributed by atoms with Crippen molar-refractivity contribution in [3.05, 3.63) is 71.0 Å². The average Bonchev–Trinajstić information content (AvgIpc) is 2.92. The molecule has 4 rings (SSSR count). The van der Waals surface area contributed by atoms with Crippen molar-refractivity contribution in [3.8, 4) is 5.75 Å². The van der Waals surface area contributed by atoms with Gasteiger partial charge in [-0.05, 0) is 63.3 Å². The zero-order valence-electron chi connectivity index (χ0n) is 23.0. The highest BCUT2D eigenvalue weighted by molar-refractivity contribution is 6.32. The van der Waals surface area contributed by atoms with Gasteiger partial charge in [-0.1, -0.05) is 47.1 Å². The lowest BCUT2D eigenvalue weighted by atomic mass is 9.98.